The van der Waals surface area contributed by atoms with Crippen LogP contribution in [0.4, 0.5) is 5.82 Å². The number of hydrogen-bond donors (Lipinski definition) is 1. The highest BCUT2D eigenvalue weighted by Gasteiger charge is 2.05. The smallest absolute Gasteiger partial charge is 0.126 e. The van der Waals surface area contributed by atoms with Gasteiger partial charge in [-0.3, -0.25) is 0 Å². The minimum atomic E-state index is 0.597. The van der Waals surface area contributed by atoms with Crippen LogP contribution < -0.4 is 5.73 Å². The Labute approximate surface area is 94.9 Å². The monoisotopic (exact) mass is 268 g/mol. The third-order valence-electron chi connectivity index (χ3n) is 2.04. The normalized spacial score (nSPS) is 10.4. The SMILES string of the molecule is Cc1cc(-c2cscc2Br)cnc1N. The Morgan fingerprint density at radius 2 is 2.21 bits per heavy atom. The molecule has 72 valence electrons. The fraction of sp³-hybridized carbons (Fsp3) is 0.100. The fourth-order valence-electron chi connectivity index (χ4n) is 1.22. The van der Waals surface area contributed by atoms with Gasteiger partial charge in [-0.2, -0.15) is 11.3 Å². The number of aryl methyl sites for hydroxylation is 1. The summed E-state index contributed by atoms with van der Waals surface area (Å²) in [5.74, 6) is 0.597. The van der Waals surface area contributed by atoms with Crippen molar-refractivity contribution in [2.45, 2.75) is 6.92 Å². The van der Waals surface area contributed by atoms with Crippen molar-refractivity contribution in [1.82, 2.24) is 4.98 Å². The van der Waals surface area contributed by atoms with Gasteiger partial charge in [0, 0.05) is 27.2 Å². The van der Waals surface area contributed by atoms with Crippen LogP contribution in [0.2, 0.25) is 0 Å². The molecule has 2 rings (SSSR count). The Balaban J connectivity index is 2.53. The van der Waals surface area contributed by atoms with Gasteiger partial charge in [-0.1, -0.05) is 0 Å². The van der Waals surface area contributed by atoms with Crippen molar-refractivity contribution >= 4 is 33.1 Å². The van der Waals surface area contributed by atoms with Crippen LogP contribution in [0.5, 0.6) is 0 Å². The minimum absolute atomic E-state index is 0.597. The van der Waals surface area contributed by atoms with Gasteiger partial charge in [0.1, 0.15) is 5.82 Å². The number of aromatic nitrogens is 1. The molecule has 0 fully saturated rings. The third kappa shape index (κ3) is 1.67. The summed E-state index contributed by atoms with van der Waals surface area (Å²) in [7, 11) is 0. The van der Waals surface area contributed by atoms with Gasteiger partial charge in [-0.25, -0.2) is 4.98 Å². The van der Waals surface area contributed by atoms with E-state index in [0.29, 0.717) is 5.82 Å². The maximum atomic E-state index is 5.66. The molecule has 0 atom stereocenters. The molecule has 2 heterocycles. The second-order valence-electron chi connectivity index (χ2n) is 3.06. The van der Waals surface area contributed by atoms with Gasteiger partial charge in [-0.15, -0.1) is 0 Å². The molecule has 0 unspecified atom stereocenters. The average Bonchev–Trinajstić information content (AvgIpc) is 2.57. The number of nitrogens with two attached hydrogens (primary N) is 1. The quantitative estimate of drug-likeness (QED) is 0.861. The molecule has 2 N–H and O–H groups in total. The molecule has 0 spiro atoms. The molecule has 0 radical (unpaired) electrons. The number of thiophene rings is 1. The van der Waals surface area contributed by atoms with Crippen molar-refractivity contribution in [2.24, 2.45) is 0 Å². The number of rotatable bonds is 1. The molecular weight excluding hydrogens is 260 g/mol. The maximum Gasteiger partial charge on any atom is 0.126 e. The van der Waals surface area contributed by atoms with E-state index in [4.69, 9.17) is 5.73 Å². The lowest BCUT2D eigenvalue weighted by atomic mass is 10.1. The second kappa shape index (κ2) is 3.71. The van der Waals surface area contributed by atoms with Crippen LogP contribution >= 0.6 is 27.3 Å². The van der Waals surface area contributed by atoms with Gasteiger partial charge in [0.25, 0.3) is 0 Å². The summed E-state index contributed by atoms with van der Waals surface area (Å²) in [5, 5.41) is 4.15. The topological polar surface area (TPSA) is 38.9 Å². The molecule has 0 bridgehead atoms. The van der Waals surface area contributed by atoms with Gasteiger partial charge < -0.3 is 5.73 Å². The predicted octanol–water partition coefficient (Wildman–Crippen LogP) is 3.46. The molecule has 14 heavy (non-hydrogen) atoms. The highest BCUT2D eigenvalue weighted by atomic mass is 79.9. The molecule has 0 amide bonds. The molecule has 4 heteroatoms. The molecule has 2 aromatic heterocycles. The largest absolute Gasteiger partial charge is 0.383 e. The van der Waals surface area contributed by atoms with E-state index in [9.17, 15) is 0 Å². The first-order valence-corrected chi connectivity index (χ1v) is 5.86. The van der Waals surface area contributed by atoms with Crippen LogP contribution in [0.1, 0.15) is 5.56 Å². The molecular formula is C10H9BrN2S. The zero-order chi connectivity index (χ0) is 10.1. The molecule has 0 saturated carbocycles. The Hall–Kier alpha value is -0.870. The highest BCUT2D eigenvalue weighted by molar-refractivity contribution is 9.10. The molecule has 2 aromatic rings. The van der Waals surface area contributed by atoms with Crippen molar-refractivity contribution in [2.75, 3.05) is 5.73 Å². The molecule has 0 aliphatic heterocycles. The lowest BCUT2D eigenvalue weighted by Crippen LogP contribution is -1.93. The van der Waals surface area contributed by atoms with Crippen LogP contribution in [-0.2, 0) is 0 Å². The van der Waals surface area contributed by atoms with Crippen LogP contribution in [0.3, 0.4) is 0 Å². The number of nitrogens with zero attached hydrogens (tertiary/aromatic N) is 1. The molecule has 0 aromatic carbocycles. The van der Waals surface area contributed by atoms with Gasteiger partial charge in [0.2, 0.25) is 0 Å². The first-order chi connectivity index (χ1) is 6.68. The standard InChI is InChI=1S/C10H9BrN2S/c1-6-2-7(3-13-10(6)12)8-4-14-5-9(8)11/h2-5H,1H3,(H2,12,13). The van der Waals surface area contributed by atoms with Crippen molar-refractivity contribution < 1.29 is 0 Å². The zero-order valence-corrected chi connectivity index (χ0v) is 10.0. The van der Waals surface area contributed by atoms with E-state index < -0.39 is 0 Å². The number of hydrogen-bond acceptors (Lipinski definition) is 3. The number of anilines is 1. The van der Waals surface area contributed by atoms with Crippen LogP contribution in [0, 0.1) is 6.92 Å². The summed E-state index contributed by atoms with van der Waals surface area (Å²) < 4.78 is 1.11. The highest BCUT2D eigenvalue weighted by Crippen LogP contribution is 2.32. The van der Waals surface area contributed by atoms with E-state index in [-0.39, 0.29) is 0 Å². The molecule has 0 aliphatic carbocycles. The van der Waals surface area contributed by atoms with Gasteiger partial charge in [0.15, 0.2) is 0 Å². The Kier molecular flexibility index (Phi) is 2.56. The van der Waals surface area contributed by atoms with Gasteiger partial charge in [0.05, 0.1) is 0 Å². The van der Waals surface area contributed by atoms with Crippen molar-refractivity contribution in [3.63, 3.8) is 0 Å². The summed E-state index contributed by atoms with van der Waals surface area (Å²) >= 11 is 5.16. The number of nitrogen functional groups attached to an aromatic ring is 1. The lowest BCUT2D eigenvalue weighted by Gasteiger charge is -2.02. The van der Waals surface area contributed by atoms with E-state index >= 15 is 0 Å². The van der Waals surface area contributed by atoms with Gasteiger partial charge in [-0.05, 0) is 39.9 Å². The minimum Gasteiger partial charge on any atom is -0.383 e. The van der Waals surface area contributed by atoms with Crippen molar-refractivity contribution in [3.8, 4) is 11.1 Å². The van der Waals surface area contributed by atoms with Crippen molar-refractivity contribution in [3.05, 3.63) is 33.1 Å². The summed E-state index contributed by atoms with van der Waals surface area (Å²) in [6.45, 7) is 1.96. The Bertz CT molecular complexity index is 465. The van der Waals surface area contributed by atoms with Crippen LogP contribution in [0.15, 0.2) is 27.5 Å². The molecule has 0 saturated heterocycles. The Morgan fingerprint density at radius 3 is 2.79 bits per heavy atom. The molecule has 2 nitrogen and oxygen atoms in total. The lowest BCUT2D eigenvalue weighted by molar-refractivity contribution is 1.28. The van der Waals surface area contributed by atoms with E-state index in [0.717, 1.165) is 15.6 Å². The Morgan fingerprint density at radius 1 is 1.43 bits per heavy atom. The van der Waals surface area contributed by atoms with E-state index in [1.807, 2.05) is 6.92 Å². The van der Waals surface area contributed by atoms with Gasteiger partial charge >= 0.3 is 0 Å². The van der Waals surface area contributed by atoms with E-state index in [2.05, 4.69) is 37.7 Å². The summed E-state index contributed by atoms with van der Waals surface area (Å²) in [5.41, 5.74) is 8.95. The third-order valence-corrected chi connectivity index (χ3v) is 3.75. The first-order valence-electron chi connectivity index (χ1n) is 4.12. The van der Waals surface area contributed by atoms with Crippen LogP contribution in [0.25, 0.3) is 11.1 Å². The second-order valence-corrected chi connectivity index (χ2v) is 4.66. The maximum absolute atomic E-state index is 5.66. The first kappa shape index (κ1) is 9.68. The van der Waals surface area contributed by atoms with E-state index in [1.54, 1.807) is 17.5 Å². The number of pyridine rings is 1. The van der Waals surface area contributed by atoms with Crippen molar-refractivity contribution in [1.29, 1.82) is 0 Å². The molecule has 0 aliphatic rings. The summed E-state index contributed by atoms with van der Waals surface area (Å²) in [6, 6.07) is 2.05. The zero-order valence-electron chi connectivity index (χ0n) is 7.62. The predicted molar refractivity (Wildman–Crippen MR) is 64.4 cm³/mol. The fourth-order valence-corrected chi connectivity index (χ4v) is 2.75. The number of halogens is 1. The van der Waals surface area contributed by atoms with Crippen LogP contribution in [-0.4, -0.2) is 4.98 Å². The summed E-state index contributed by atoms with van der Waals surface area (Å²) in [6.07, 6.45) is 1.80. The summed E-state index contributed by atoms with van der Waals surface area (Å²) in [4.78, 5) is 4.14. The van der Waals surface area contributed by atoms with E-state index in [1.165, 1.54) is 5.56 Å². The average molecular weight is 269 g/mol.